The Morgan fingerprint density at radius 2 is 1.05 bits per heavy atom. The monoisotopic (exact) mass is 492 g/mol. The predicted molar refractivity (Wildman–Crippen MR) is 80.1 cm³/mol. The average molecular weight is 492 g/mol. The first-order valence-electron chi connectivity index (χ1n) is 7.34. The Morgan fingerprint density at radius 1 is 0.714 bits per heavy atom. The van der Waals surface area contributed by atoms with Gasteiger partial charge in [0, 0.05) is 0 Å². The van der Waals surface area contributed by atoms with Crippen molar-refractivity contribution in [2.75, 3.05) is 0 Å². The van der Waals surface area contributed by atoms with Crippen molar-refractivity contribution in [3.63, 3.8) is 0 Å². The zero-order valence-electron chi connectivity index (χ0n) is 13.7. The molecule has 3 heteroatoms. The molecule has 0 aromatic carbocycles. The SMILES string of the molecule is CCC1=[C-]CC=C1CC.CCC1=[C-]CC=C1CC.[Cl-].[Cl-].[Hf+4]. The summed E-state index contributed by atoms with van der Waals surface area (Å²) in [6.07, 6.45) is 18.0. The Kier molecular flexibility index (Phi) is 19.2. The molecule has 0 heterocycles. The van der Waals surface area contributed by atoms with Crippen LogP contribution in [-0.4, -0.2) is 0 Å². The summed E-state index contributed by atoms with van der Waals surface area (Å²) in [4.78, 5) is 0. The van der Waals surface area contributed by atoms with Crippen molar-refractivity contribution >= 4 is 0 Å². The van der Waals surface area contributed by atoms with Gasteiger partial charge in [-0.1, -0.05) is 53.4 Å². The first-order chi connectivity index (χ1) is 8.76. The molecule has 0 saturated carbocycles. The number of halogens is 2. The van der Waals surface area contributed by atoms with E-state index in [2.05, 4.69) is 52.0 Å². The van der Waals surface area contributed by atoms with Crippen molar-refractivity contribution < 1.29 is 50.7 Å². The molecule has 0 bridgehead atoms. The minimum Gasteiger partial charge on any atom is -1.00 e. The Bertz CT molecular complexity index is 316. The molecule has 0 radical (unpaired) electrons. The second kappa shape index (κ2) is 15.3. The Hall–Kier alpha value is 0.410. The standard InChI is InChI=1S/2C9H13.2ClH.Hf/c2*1-3-8-6-5-7-9(8)4-2;;;/h2*6H,3-5H2,1-2H3;2*1H;/q2*-1;;;+4/p-2. The molecule has 0 spiro atoms. The van der Waals surface area contributed by atoms with Crippen LogP contribution in [0.4, 0.5) is 0 Å². The van der Waals surface area contributed by atoms with E-state index < -0.39 is 0 Å². The maximum atomic E-state index is 3.33. The Morgan fingerprint density at radius 3 is 1.24 bits per heavy atom. The summed E-state index contributed by atoms with van der Waals surface area (Å²) in [6, 6.07) is 0. The molecule has 21 heavy (non-hydrogen) atoms. The molecule has 116 valence electrons. The zero-order valence-corrected chi connectivity index (χ0v) is 18.8. The molecule has 2 aliphatic rings. The van der Waals surface area contributed by atoms with Gasteiger partial charge in [-0.2, -0.15) is 23.3 Å². The number of hydrogen-bond donors (Lipinski definition) is 0. The van der Waals surface area contributed by atoms with E-state index >= 15 is 0 Å². The average Bonchev–Trinajstić information content (AvgIpc) is 3.06. The van der Waals surface area contributed by atoms with Crippen molar-refractivity contribution in [3.05, 3.63) is 46.6 Å². The first-order valence-corrected chi connectivity index (χ1v) is 7.34. The van der Waals surface area contributed by atoms with Crippen LogP contribution < -0.4 is 24.8 Å². The molecular weight excluding hydrogens is 466 g/mol. The fourth-order valence-corrected chi connectivity index (χ4v) is 2.49. The van der Waals surface area contributed by atoms with Crippen LogP contribution in [0.25, 0.3) is 0 Å². The minimum absolute atomic E-state index is 0. The molecule has 0 amide bonds. The van der Waals surface area contributed by atoms with Crippen LogP contribution in [0.2, 0.25) is 0 Å². The van der Waals surface area contributed by atoms with Gasteiger partial charge in [-0.25, -0.2) is 11.1 Å². The molecule has 0 fully saturated rings. The second-order valence-electron chi connectivity index (χ2n) is 4.59. The van der Waals surface area contributed by atoms with Crippen LogP contribution in [0.3, 0.4) is 0 Å². The van der Waals surface area contributed by atoms with E-state index in [9.17, 15) is 0 Å². The van der Waals surface area contributed by atoms with Crippen molar-refractivity contribution in [1.29, 1.82) is 0 Å². The zero-order chi connectivity index (χ0) is 13.4. The third-order valence-corrected chi connectivity index (χ3v) is 3.57. The smallest absolute Gasteiger partial charge is 1.00 e. The molecule has 0 aromatic rings. The third kappa shape index (κ3) is 8.57. The molecule has 0 aliphatic heterocycles. The van der Waals surface area contributed by atoms with Crippen molar-refractivity contribution in [2.24, 2.45) is 0 Å². The van der Waals surface area contributed by atoms with E-state index in [0.29, 0.717) is 0 Å². The van der Waals surface area contributed by atoms with Gasteiger partial charge in [-0.05, 0) is 0 Å². The van der Waals surface area contributed by atoms with Crippen LogP contribution in [-0.2, 0) is 25.8 Å². The van der Waals surface area contributed by atoms with Crippen LogP contribution in [0.1, 0.15) is 66.2 Å². The fraction of sp³-hybridized carbons (Fsp3) is 0.556. The summed E-state index contributed by atoms with van der Waals surface area (Å²) in [7, 11) is 0. The molecule has 2 rings (SSSR count). The van der Waals surface area contributed by atoms with Gasteiger partial charge in [0.25, 0.3) is 0 Å². The van der Waals surface area contributed by atoms with E-state index in [1.54, 1.807) is 0 Å². The molecule has 0 saturated heterocycles. The van der Waals surface area contributed by atoms with Crippen molar-refractivity contribution in [2.45, 2.75) is 66.2 Å². The maximum absolute atomic E-state index is 3.33. The largest absolute Gasteiger partial charge is 4.00 e. The molecule has 0 aromatic heterocycles. The topological polar surface area (TPSA) is 0 Å². The normalized spacial score (nSPS) is 15.0. The van der Waals surface area contributed by atoms with E-state index in [1.807, 2.05) is 0 Å². The summed E-state index contributed by atoms with van der Waals surface area (Å²) < 4.78 is 0. The van der Waals surface area contributed by atoms with Gasteiger partial charge in [0.05, 0.1) is 0 Å². The van der Waals surface area contributed by atoms with E-state index in [0.717, 1.165) is 25.7 Å². The minimum atomic E-state index is 0. The summed E-state index contributed by atoms with van der Waals surface area (Å²) in [5, 5.41) is 0. The van der Waals surface area contributed by atoms with Gasteiger partial charge in [-0.15, -0.1) is 12.8 Å². The van der Waals surface area contributed by atoms with Gasteiger partial charge in [0.15, 0.2) is 0 Å². The molecule has 0 nitrogen and oxygen atoms in total. The number of rotatable bonds is 4. The predicted octanol–water partition coefficient (Wildman–Crippen LogP) is -0.262. The Labute approximate surface area is 162 Å². The molecular formula is C18H26Cl2Hf. The van der Waals surface area contributed by atoms with Gasteiger partial charge >= 0.3 is 25.8 Å². The Balaban J connectivity index is -0.000000270. The summed E-state index contributed by atoms with van der Waals surface area (Å²) in [5.41, 5.74) is 5.91. The van der Waals surface area contributed by atoms with Gasteiger partial charge < -0.3 is 24.8 Å². The molecule has 2 aliphatic carbocycles. The fourth-order valence-electron chi connectivity index (χ4n) is 2.49. The van der Waals surface area contributed by atoms with Crippen LogP contribution in [0, 0.1) is 12.2 Å². The van der Waals surface area contributed by atoms with Gasteiger partial charge in [0.2, 0.25) is 0 Å². The van der Waals surface area contributed by atoms with Gasteiger partial charge in [-0.3, -0.25) is 12.2 Å². The quantitative estimate of drug-likeness (QED) is 0.376. The molecule has 0 atom stereocenters. The van der Waals surface area contributed by atoms with E-state index in [-0.39, 0.29) is 50.7 Å². The van der Waals surface area contributed by atoms with Crippen molar-refractivity contribution in [3.8, 4) is 0 Å². The number of allylic oxidation sites excluding steroid dienone is 8. The van der Waals surface area contributed by atoms with E-state index in [1.165, 1.54) is 35.1 Å². The first kappa shape index (κ1) is 26.3. The molecule has 0 N–H and O–H groups in total. The number of hydrogen-bond acceptors (Lipinski definition) is 0. The maximum Gasteiger partial charge on any atom is 4.00 e. The summed E-state index contributed by atoms with van der Waals surface area (Å²) in [5.74, 6) is 0. The van der Waals surface area contributed by atoms with E-state index in [4.69, 9.17) is 0 Å². The molecule has 0 unspecified atom stereocenters. The second-order valence-corrected chi connectivity index (χ2v) is 4.59. The summed E-state index contributed by atoms with van der Waals surface area (Å²) >= 11 is 0. The van der Waals surface area contributed by atoms with Crippen molar-refractivity contribution in [1.82, 2.24) is 0 Å². The third-order valence-electron chi connectivity index (χ3n) is 3.57. The summed E-state index contributed by atoms with van der Waals surface area (Å²) in [6.45, 7) is 8.79. The van der Waals surface area contributed by atoms with Gasteiger partial charge in [0.1, 0.15) is 0 Å². The van der Waals surface area contributed by atoms with Crippen LogP contribution in [0.15, 0.2) is 34.4 Å². The van der Waals surface area contributed by atoms with Crippen LogP contribution >= 0.6 is 0 Å². The van der Waals surface area contributed by atoms with Crippen LogP contribution in [0.5, 0.6) is 0 Å².